The molecule has 0 aliphatic carbocycles. The predicted molar refractivity (Wildman–Crippen MR) is 95.3 cm³/mol. The smallest absolute Gasteiger partial charge is 0.258 e. The van der Waals surface area contributed by atoms with Crippen LogP contribution in [0.4, 0.5) is 0 Å². The molecule has 4 rings (SSSR count). The van der Waals surface area contributed by atoms with Crippen molar-refractivity contribution in [1.82, 2.24) is 20.4 Å². The summed E-state index contributed by atoms with van der Waals surface area (Å²) in [6, 6.07) is 15.9. The number of amides is 1. The number of aromatic nitrogens is 2. The highest BCUT2D eigenvalue weighted by Gasteiger charge is 2.18. The SMILES string of the molecule is O=C(COc1ccc2ccccc2c1)NC1CNCc2ccnn2C1. The van der Waals surface area contributed by atoms with E-state index in [-0.39, 0.29) is 18.6 Å². The lowest BCUT2D eigenvalue weighted by Crippen LogP contribution is -2.44. The first kappa shape index (κ1) is 15.7. The monoisotopic (exact) mass is 336 g/mol. The summed E-state index contributed by atoms with van der Waals surface area (Å²) >= 11 is 0. The molecular weight excluding hydrogens is 316 g/mol. The van der Waals surface area contributed by atoms with E-state index in [1.165, 1.54) is 0 Å². The lowest BCUT2D eigenvalue weighted by molar-refractivity contribution is -0.123. The van der Waals surface area contributed by atoms with Crippen molar-refractivity contribution in [2.24, 2.45) is 0 Å². The lowest BCUT2D eigenvalue weighted by atomic mass is 10.1. The van der Waals surface area contributed by atoms with E-state index in [4.69, 9.17) is 4.74 Å². The van der Waals surface area contributed by atoms with Gasteiger partial charge < -0.3 is 15.4 Å². The van der Waals surface area contributed by atoms with Gasteiger partial charge in [-0.1, -0.05) is 30.3 Å². The highest BCUT2D eigenvalue weighted by atomic mass is 16.5. The van der Waals surface area contributed by atoms with Gasteiger partial charge in [-0.2, -0.15) is 5.10 Å². The number of fused-ring (bicyclic) bond motifs is 2. The van der Waals surface area contributed by atoms with Gasteiger partial charge in [-0.15, -0.1) is 0 Å². The Balaban J connectivity index is 1.34. The number of hydrogen-bond acceptors (Lipinski definition) is 4. The number of benzene rings is 2. The standard InChI is InChI=1S/C19H20N4O2/c24-19(22-16-10-20-11-17-7-8-21-23(17)12-16)13-25-18-6-5-14-3-1-2-4-15(14)9-18/h1-9,16,20H,10-13H2,(H,22,24). The van der Waals surface area contributed by atoms with E-state index in [1.54, 1.807) is 6.20 Å². The third kappa shape index (κ3) is 3.64. The number of hydrogen-bond donors (Lipinski definition) is 2. The summed E-state index contributed by atoms with van der Waals surface area (Å²) in [4.78, 5) is 12.2. The van der Waals surface area contributed by atoms with Gasteiger partial charge in [0.2, 0.25) is 0 Å². The van der Waals surface area contributed by atoms with Gasteiger partial charge in [-0.3, -0.25) is 9.48 Å². The largest absolute Gasteiger partial charge is 0.484 e. The van der Waals surface area contributed by atoms with Gasteiger partial charge >= 0.3 is 0 Å². The van der Waals surface area contributed by atoms with E-state index < -0.39 is 0 Å². The second-order valence-corrected chi connectivity index (χ2v) is 6.20. The number of rotatable bonds is 4. The summed E-state index contributed by atoms with van der Waals surface area (Å²) in [5, 5.41) is 12.9. The molecule has 0 saturated carbocycles. The molecule has 6 nitrogen and oxygen atoms in total. The molecule has 6 heteroatoms. The Hall–Kier alpha value is -2.86. The third-order valence-electron chi connectivity index (χ3n) is 4.35. The number of carbonyl (C=O) groups excluding carboxylic acids is 1. The Kier molecular flexibility index (Phi) is 4.35. The van der Waals surface area contributed by atoms with Crippen LogP contribution in [-0.4, -0.2) is 34.9 Å². The molecule has 2 heterocycles. The van der Waals surface area contributed by atoms with Crippen molar-refractivity contribution in [3.05, 3.63) is 60.4 Å². The molecule has 0 fully saturated rings. The van der Waals surface area contributed by atoms with Crippen LogP contribution in [0.15, 0.2) is 54.7 Å². The number of ether oxygens (including phenoxy) is 1. The fraction of sp³-hybridized carbons (Fsp3) is 0.263. The van der Waals surface area contributed by atoms with Crippen LogP contribution < -0.4 is 15.4 Å². The Morgan fingerprint density at radius 3 is 3.04 bits per heavy atom. The van der Waals surface area contributed by atoms with Crippen molar-refractivity contribution in [1.29, 1.82) is 0 Å². The summed E-state index contributed by atoms with van der Waals surface area (Å²) in [6.07, 6.45) is 1.78. The van der Waals surface area contributed by atoms with Crippen molar-refractivity contribution < 1.29 is 9.53 Å². The number of carbonyl (C=O) groups is 1. The molecule has 25 heavy (non-hydrogen) atoms. The fourth-order valence-electron chi connectivity index (χ4n) is 3.09. The number of nitrogens with one attached hydrogen (secondary N) is 2. The molecule has 1 unspecified atom stereocenters. The van der Waals surface area contributed by atoms with Crippen LogP contribution in [0.25, 0.3) is 10.8 Å². The lowest BCUT2D eigenvalue weighted by Gasteiger charge is -2.17. The summed E-state index contributed by atoms with van der Waals surface area (Å²) in [5.41, 5.74) is 1.13. The zero-order chi connectivity index (χ0) is 17.1. The Morgan fingerprint density at radius 2 is 2.12 bits per heavy atom. The quantitative estimate of drug-likeness (QED) is 0.761. The molecule has 1 aliphatic rings. The fourth-order valence-corrected chi connectivity index (χ4v) is 3.09. The van der Waals surface area contributed by atoms with Crippen molar-refractivity contribution in [3.63, 3.8) is 0 Å². The van der Waals surface area contributed by atoms with Crippen LogP contribution in [0.2, 0.25) is 0 Å². The van der Waals surface area contributed by atoms with Crippen LogP contribution in [0.3, 0.4) is 0 Å². The van der Waals surface area contributed by atoms with Crippen molar-refractivity contribution in [2.45, 2.75) is 19.1 Å². The van der Waals surface area contributed by atoms with E-state index in [1.807, 2.05) is 47.1 Å². The average molecular weight is 336 g/mol. The maximum absolute atomic E-state index is 12.2. The van der Waals surface area contributed by atoms with Gasteiger partial charge in [-0.05, 0) is 29.0 Å². The van der Waals surface area contributed by atoms with Crippen LogP contribution in [0.5, 0.6) is 5.75 Å². The Labute approximate surface area is 145 Å². The van der Waals surface area contributed by atoms with E-state index in [9.17, 15) is 4.79 Å². The first-order valence-electron chi connectivity index (χ1n) is 8.40. The molecule has 128 valence electrons. The van der Waals surface area contributed by atoms with Crippen LogP contribution in [-0.2, 0) is 17.9 Å². The minimum absolute atomic E-state index is 0.000798. The molecule has 1 atom stereocenters. The summed E-state index contributed by atoms with van der Waals surface area (Å²) in [7, 11) is 0. The zero-order valence-corrected chi connectivity index (χ0v) is 13.8. The Bertz CT molecular complexity index is 890. The topological polar surface area (TPSA) is 68.2 Å². The van der Waals surface area contributed by atoms with Gasteiger partial charge in [0.25, 0.3) is 5.91 Å². The van der Waals surface area contributed by atoms with Gasteiger partial charge in [0, 0.05) is 19.3 Å². The molecule has 3 aromatic rings. The maximum Gasteiger partial charge on any atom is 0.258 e. The molecule has 0 saturated heterocycles. The Morgan fingerprint density at radius 1 is 1.24 bits per heavy atom. The van der Waals surface area contributed by atoms with Crippen LogP contribution in [0, 0.1) is 0 Å². The molecule has 0 radical (unpaired) electrons. The second kappa shape index (κ2) is 6.94. The van der Waals surface area contributed by atoms with Gasteiger partial charge in [0.1, 0.15) is 5.75 Å². The van der Waals surface area contributed by atoms with E-state index in [0.29, 0.717) is 18.8 Å². The highest BCUT2D eigenvalue weighted by molar-refractivity contribution is 5.84. The van der Waals surface area contributed by atoms with E-state index in [2.05, 4.69) is 21.8 Å². The third-order valence-corrected chi connectivity index (χ3v) is 4.35. The number of nitrogens with zero attached hydrogens (tertiary/aromatic N) is 2. The molecule has 0 bridgehead atoms. The predicted octanol–water partition coefficient (Wildman–Crippen LogP) is 1.70. The van der Waals surface area contributed by atoms with Crippen LogP contribution >= 0.6 is 0 Å². The van der Waals surface area contributed by atoms with Crippen molar-refractivity contribution in [3.8, 4) is 5.75 Å². The maximum atomic E-state index is 12.2. The van der Waals surface area contributed by atoms with Gasteiger partial charge in [0.15, 0.2) is 6.61 Å². The highest BCUT2D eigenvalue weighted by Crippen LogP contribution is 2.20. The molecule has 0 spiro atoms. The second-order valence-electron chi connectivity index (χ2n) is 6.20. The van der Waals surface area contributed by atoms with Gasteiger partial charge in [-0.25, -0.2) is 0 Å². The molecule has 2 aromatic carbocycles. The van der Waals surface area contributed by atoms with Gasteiger partial charge in [0.05, 0.1) is 18.3 Å². The van der Waals surface area contributed by atoms with Crippen molar-refractivity contribution in [2.75, 3.05) is 13.2 Å². The molecule has 2 N–H and O–H groups in total. The van der Waals surface area contributed by atoms with Crippen molar-refractivity contribution >= 4 is 16.7 Å². The van der Waals surface area contributed by atoms with Crippen LogP contribution in [0.1, 0.15) is 5.69 Å². The summed E-state index contributed by atoms with van der Waals surface area (Å²) in [6.45, 7) is 2.14. The zero-order valence-electron chi connectivity index (χ0n) is 13.8. The first-order chi connectivity index (χ1) is 12.3. The van der Waals surface area contributed by atoms with E-state index in [0.717, 1.165) is 23.0 Å². The normalized spacial score (nSPS) is 16.9. The summed E-state index contributed by atoms with van der Waals surface area (Å²) < 4.78 is 7.57. The molecule has 1 amide bonds. The minimum atomic E-state index is -0.129. The molecule has 1 aliphatic heterocycles. The average Bonchev–Trinajstić information content (AvgIpc) is 2.98. The summed E-state index contributed by atoms with van der Waals surface area (Å²) in [5.74, 6) is 0.567. The molecule has 1 aromatic heterocycles. The minimum Gasteiger partial charge on any atom is -0.484 e. The first-order valence-corrected chi connectivity index (χ1v) is 8.40. The van der Waals surface area contributed by atoms with E-state index >= 15 is 0 Å². The molecular formula is C19H20N4O2.